The number of hydrogen-bond donors (Lipinski definition) is 0. The lowest BCUT2D eigenvalue weighted by Crippen LogP contribution is -2.44. The quantitative estimate of drug-likeness (QED) is 0.687. The molecule has 2 aromatic rings. The van der Waals surface area contributed by atoms with E-state index in [-0.39, 0.29) is 24.0 Å². The molecule has 1 amide bonds. The molecule has 158 valence electrons. The standard InChI is InChI=1S/C23H29N5O2/c1-15(2)13-30-22-9-16(5-7-19(22)17-11-25-26(3)12-17)23(29)27(4)21-10-18-6-8-20(21)28(18)14-24/h5,7,9,11-12,15,18,20-21H,6,8,10,13H2,1-4H3/t18-,20+,21+/m0/s1. The minimum atomic E-state index is -0.0300. The van der Waals surface area contributed by atoms with Gasteiger partial charge in [-0.05, 0) is 43.4 Å². The van der Waals surface area contributed by atoms with Gasteiger partial charge in [-0.2, -0.15) is 10.4 Å². The minimum absolute atomic E-state index is 0.0300. The highest BCUT2D eigenvalue weighted by molar-refractivity contribution is 5.95. The highest BCUT2D eigenvalue weighted by atomic mass is 16.5. The van der Waals surface area contributed by atoms with Crippen molar-refractivity contribution >= 4 is 5.91 Å². The molecule has 2 saturated heterocycles. The smallest absolute Gasteiger partial charge is 0.254 e. The van der Waals surface area contributed by atoms with Gasteiger partial charge in [-0.25, -0.2) is 0 Å². The van der Waals surface area contributed by atoms with Crippen molar-refractivity contribution in [2.24, 2.45) is 13.0 Å². The third-order valence-corrected chi connectivity index (χ3v) is 6.25. The van der Waals surface area contributed by atoms with Crippen LogP contribution in [0.15, 0.2) is 30.6 Å². The molecule has 7 heteroatoms. The summed E-state index contributed by atoms with van der Waals surface area (Å²) in [6.07, 6.45) is 8.95. The third kappa shape index (κ3) is 3.62. The molecule has 2 aliphatic rings. The van der Waals surface area contributed by atoms with Gasteiger partial charge >= 0.3 is 0 Å². The van der Waals surface area contributed by atoms with Crippen LogP contribution < -0.4 is 4.74 Å². The number of nitrogens with zero attached hydrogens (tertiary/aromatic N) is 5. The van der Waals surface area contributed by atoms with E-state index >= 15 is 0 Å². The molecule has 0 N–H and O–H groups in total. The van der Waals surface area contributed by atoms with Gasteiger partial charge < -0.3 is 14.5 Å². The number of rotatable bonds is 6. The number of benzene rings is 1. The molecule has 7 nitrogen and oxygen atoms in total. The van der Waals surface area contributed by atoms with E-state index in [1.165, 1.54) is 0 Å². The number of amides is 1. The second-order valence-electron chi connectivity index (χ2n) is 8.84. The van der Waals surface area contributed by atoms with Crippen molar-refractivity contribution in [1.82, 2.24) is 19.6 Å². The maximum absolute atomic E-state index is 13.3. The molecule has 0 radical (unpaired) electrons. The van der Waals surface area contributed by atoms with Crippen molar-refractivity contribution in [1.29, 1.82) is 5.26 Å². The molecule has 2 aliphatic heterocycles. The van der Waals surface area contributed by atoms with Crippen LogP contribution in [0.25, 0.3) is 11.1 Å². The van der Waals surface area contributed by atoms with Crippen LogP contribution in [-0.2, 0) is 7.05 Å². The predicted octanol–water partition coefficient (Wildman–Crippen LogP) is 3.28. The van der Waals surface area contributed by atoms with Crippen LogP contribution in [0.5, 0.6) is 5.75 Å². The summed E-state index contributed by atoms with van der Waals surface area (Å²) in [5, 5.41) is 13.7. The zero-order valence-electron chi connectivity index (χ0n) is 18.1. The lowest BCUT2D eigenvalue weighted by Gasteiger charge is -2.30. The lowest BCUT2D eigenvalue weighted by molar-refractivity contribution is 0.0699. The van der Waals surface area contributed by atoms with Crippen LogP contribution in [0, 0.1) is 17.4 Å². The average molecular weight is 408 g/mol. The summed E-state index contributed by atoms with van der Waals surface area (Å²) in [5.41, 5.74) is 2.50. The Bertz CT molecular complexity index is 976. The van der Waals surface area contributed by atoms with Crippen LogP contribution in [0.4, 0.5) is 0 Å². The maximum Gasteiger partial charge on any atom is 0.254 e. The SMILES string of the molecule is CC(C)COc1cc(C(=O)N(C)[C@@H]2C[C@@H]3CC[C@H]2N3C#N)ccc1-c1cnn(C)c1. The first-order valence-electron chi connectivity index (χ1n) is 10.6. The van der Waals surface area contributed by atoms with Crippen molar-refractivity contribution in [2.45, 2.75) is 51.2 Å². The molecule has 2 bridgehead atoms. The lowest BCUT2D eigenvalue weighted by atomic mass is 9.94. The molecule has 30 heavy (non-hydrogen) atoms. The monoisotopic (exact) mass is 407 g/mol. The molecule has 1 aromatic heterocycles. The van der Waals surface area contributed by atoms with Crippen LogP contribution in [0.1, 0.15) is 43.5 Å². The molecule has 0 unspecified atom stereocenters. The predicted molar refractivity (Wildman–Crippen MR) is 114 cm³/mol. The number of aryl methyl sites for hydroxylation is 1. The van der Waals surface area contributed by atoms with Gasteiger partial charge in [0.25, 0.3) is 5.91 Å². The number of nitriles is 1. The average Bonchev–Trinajstić information content (AvgIpc) is 3.44. The van der Waals surface area contributed by atoms with Gasteiger partial charge in [-0.15, -0.1) is 0 Å². The van der Waals surface area contributed by atoms with Crippen molar-refractivity contribution in [2.75, 3.05) is 13.7 Å². The Hall–Kier alpha value is -3.01. The maximum atomic E-state index is 13.3. The first-order valence-corrected chi connectivity index (χ1v) is 10.6. The van der Waals surface area contributed by atoms with Crippen molar-refractivity contribution < 1.29 is 9.53 Å². The number of hydrogen-bond acceptors (Lipinski definition) is 5. The Morgan fingerprint density at radius 1 is 1.40 bits per heavy atom. The van der Waals surface area contributed by atoms with Crippen molar-refractivity contribution in [3.05, 3.63) is 36.2 Å². The number of fused-ring (bicyclic) bond motifs is 2. The summed E-state index contributed by atoms with van der Waals surface area (Å²) in [4.78, 5) is 17.0. The van der Waals surface area contributed by atoms with E-state index in [9.17, 15) is 10.1 Å². The van der Waals surface area contributed by atoms with Gasteiger partial charge in [0.15, 0.2) is 6.19 Å². The Balaban J connectivity index is 1.60. The van der Waals surface area contributed by atoms with Gasteiger partial charge in [-0.1, -0.05) is 13.8 Å². The summed E-state index contributed by atoms with van der Waals surface area (Å²) in [6, 6.07) is 6.14. The number of carbonyl (C=O) groups is 1. The topological polar surface area (TPSA) is 74.4 Å². The fourth-order valence-corrected chi connectivity index (χ4v) is 4.71. The molecule has 0 aliphatic carbocycles. The van der Waals surface area contributed by atoms with E-state index in [0.29, 0.717) is 23.8 Å². The molecule has 1 aromatic carbocycles. The van der Waals surface area contributed by atoms with Crippen LogP contribution in [0.3, 0.4) is 0 Å². The van der Waals surface area contributed by atoms with Gasteiger partial charge in [0, 0.05) is 43.0 Å². The second kappa shape index (κ2) is 8.02. The molecule has 2 fully saturated rings. The first kappa shape index (κ1) is 20.3. The van der Waals surface area contributed by atoms with Crippen molar-refractivity contribution in [3.63, 3.8) is 0 Å². The molecule has 0 saturated carbocycles. The Labute approximate surface area is 177 Å². The minimum Gasteiger partial charge on any atom is -0.493 e. The molecule has 4 rings (SSSR count). The largest absolute Gasteiger partial charge is 0.493 e. The molecular weight excluding hydrogens is 378 g/mol. The molecule has 3 heterocycles. The summed E-state index contributed by atoms with van der Waals surface area (Å²) in [5.74, 6) is 1.04. The van der Waals surface area contributed by atoms with E-state index in [1.54, 1.807) is 10.9 Å². The van der Waals surface area contributed by atoms with Gasteiger partial charge in [0.2, 0.25) is 0 Å². The van der Waals surface area contributed by atoms with E-state index in [4.69, 9.17) is 4.74 Å². The summed E-state index contributed by atoms with van der Waals surface area (Å²) in [6.45, 7) is 4.77. The zero-order valence-corrected chi connectivity index (χ0v) is 18.1. The fourth-order valence-electron chi connectivity index (χ4n) is 4.71. The Morgan fingerprint density at radius 3 is 2.83 bits per heavy atom. The second-order valence-corrected chi connectivity index (χ2v) is 8.84. The fraction of sp³-hybridized carbons (Fsp3) is 0.522. The summed E-state index contributed by atoms with van der Waals surface area (Å²) in [7, 11) is 3.73. The van der Waals surface area contributed by atoms with Crippen LogP contribution in [-0.4, -0.2) is 57.3 Å². The molecule has 3 atom stereocenters. The summed E-state index contributed by atoms with van der Waals surface area (Å²) >= 11 is 0. The van der Waals surface area contributed by atoms with E-state index in [1.807, 2.05) is 48.3 Å². The van der Waals surface area contributed by atoms with E-state index in [0.717, 1.165) is 30.4 Å². The van der Waals surface area contributed by atoms with E-state index in [2.05, 4.69) is 25.1 Å². The number of likely N-dealkylation sites (N-methyl/N-ethyl adjacent to an activating group) is 1. The molecular formula is C23H29N5O2. The van der Waals surface area contributed by atoms with Gasteiger partial charge in [-0.3, -0.25) is 9.48 Å². The Kier molecular flexibility index (Phi) is 5.42. The van der Waals surface area contributed by atoms with Crippen molar-refractivity contribution in [3.8, 4) is 23.1 Å². The Morgan fingerprint density at radius 2 is 2.20 bits per heavy atom. The normalized spacial score (nSPS) is 22.4. The van der Waals surface area contributed by atoms with Gasteiger partial charge in [0.1, 0.15) is 5.75 Å². The van der Waals surface area contributed by atoms with Crippen LogP contribution >= 0.6 is 0 Å². The first-order chi connectivity index (χ1) is 14.4. The van der Waals surface area contributed by atoms with Gasteiger partial charge in [0.05, 0.1) is 24.9 Å². The highest BCUT2D eigenvalue weighted by Gasteiger charge is 2.48. The zero-order chi connectivity index (χ0) is 21.4. The number of ether oxygens (including phenoxy) is 1. The number of carbonyl (C=O) groups excluding carboxylic acids is 1. The summed E-state index contributed by atoms with van der Waals surface area (Å²) < 4.78 is 7.84. The molecule has 0 spiro atoms. The third-order valence-electron chi connectivity index (χ3n) is 6.25. The van der Waals surface area contributed by atoms with Crippen LogP contribution in [0.2, 0.25) is 0 Å². The highest BCUT2D eigenvalue weighted by Crippen LogP contribution is 2.40. The van der Waals surface area contributed by atoms with E-state index < -0.39 is 0 Å². The number of aromatic nitrogens is 2.